The number of aliphatic imine (C=N–C) groups is 1. The maximum atomic E-state index is 5.44. The summed E-state index contributed by atoms with van der Waals surface area (Å²) in [4.78, 5) is 6.48. The van der Waals surface area contributed by atoms with Crippen molar-refractivity contribution in [1.29, 1.82) is 0 Å². The quantitative estimate of drug-likeness (QED) is 0.196. The number of benzene rings is 1. The van der Waals surface area contributed by atoms with Gasteiger partial charge in [0.2, 0.25) is 0 Å². The highest BCUT2D eigenvalue weighted by molar-refractivity contribution is 14.0. The van der Waals surface area contributed by atoms with E-state index < -0.39 is 0 Å². The predicted octanol–water partition coefficient (Wildman–Crippen LogP) is 2.91. The van der Waals surface area contributed by atoms with E-state index in [2.05, 4.69) is 40.7 Å². The summed E-state index contributed by atoms with van der Waals surface area (Å²) in [6.07, 6.45) is 2.09. The molecule has 0 aliphatic carbocycles. The van der Waals surface area contributed by atoms with Crippen molar-refractivity contribution in [3.63, 3.8) is 0 Å². The van der Waals surface area contributed by atoms with E-state index in [9.17, 15) is 0 Å². The zero-order chi connectivity index (χ0) is 20.1. The van der Waals surface area contributed by atoms with E-state index in [0.717, 1.165) is 62.2 Å². The minimum Gasteiger partial charge on any atom is -0.493 e. The van der Waals surface area contributed by atoms with E-state index in [0.29, 0.717) is 0 Å². The van der Waals surface area contributed by atoms with Crippen molar-refractivity contribution >= 4 is 29.9 Å². The van der Waals surface area contributed by atoms with Crippen molar-refractivity contribution in [2.45, 2.75) is 25.8 Å². The molecule has 0 saturated heterocycles. The number of nitrogens with one attached hydrogen (secondary N) is 2. The summed E-state index contributed by atoms with van der Waals surface area (Å²) < 4.78 is 16.1. The molecule has 1 rings (SSSR count). The van der Waals surface area contributed by atoms with Gasteiger partial charge in [0, 0.05) is 33.4 Å². The number of guanidine groups is 1. The lowest BCUT2D eigenvalue weighted by atomic mass is 10.1. The van der Waals surface area contributed by atoms with E-state index in [4.69, 9.17) is 14.2 Å². The first-order valence-electron chi connectivity index (χ1n) is 9.47. The summed E-state index contributed by atoms with van der Waals surface area (Å²) >= 11 is 0. The van der Waals surface area contributed by atoms with Gasteiger partial charge in [-0.1, -0.05) is 6.07 Å². The molecule has 0 saturated carbocycles. The number of likely N-dealkylation sites (N-methyl/N-ethyl adjacent to an activating group) is 1. The third-order valence-corrected chi connectivity index (χ3v) is 4.31. The van der Waals surface area contributed by atoms with Crippen LogP contribution in [0.1, 0.15) is 31.4 Å². The highest BCUT2D eigenvalue weighted by atomic mass is 127. The Morgan fingerprint density at radius 3 is 2.39 bits per heavy atom. The standard InChI is InChI=1S/C20H36N4O3.HI/c1-7-27-13-9-8-12-22-20(21-2)23-15-17(24(3)4)16-10-11-18(25-5)19(14-16)26-6;/h10-11,14,17H,7-9,12-13,15H2,1-6H3,(H2,21,22,23);1H. The highest BCUT2D eigenvalue weighted by Gasteiger charge is 2.17. The Hall–Kier alpha value is -1.26. The van der Waals surface area contributed by atoms with E-state index in [-0.39, 0.29) is 30.0 Å². The molecule has 0 radical (unpaired) electrons. The molecule has 0 aromatic heterocycles. The Bertz CT molecular complexity index is 570. The molecule has 1 unspecified atom stereocenters. The van der Waals surface area contributed by atoms with Crippen LogP contribution in [0, 0.1) is 0 Å². The van der Waals surface area contributed by atoms with Crippen LogP contribution >= 0.6 is 24.0 Å². The molecule has 0 aliphatic heterocycles. The second-order valence-corrected chi connectivity index (χ2v) is 6.38. The number of methoxy groups -OCH3 is 2. The van der Waals surface area contributed by atoms with Gasteiger partial charge in [0.25, 0.3) is 0 Å². The minimum atomic E-state index is 0. The Morgan fingerprint density at radius 2 is 1.82 bits per heavy atom. The fraction of sp³-hybridized carbons (Fsp3) is 0.650. The van der Waals surface area contributed by atoms with Crippen molar-refractivity contribution in [2.24, 2.45) is 4.99 Å². The molecule has 0 fully saturated rings. The smallest absolute Gasteiger partial charge is 0.191 e. The van der Waals surface area contributed by atoms with E-state index >= 15 is 0 Å². The van der Waals surface area contributed by atoms with Crippen molar-refractivity contribution < 1.29 is 14.2 Å². The second kappa shape index (κ2) is 15.6. The normalized spacial score (nSPS) is 12.3. The molecule has 0 bridgehead atoms. The number of unbranched alkanes of at least 4 members (excludes halogenated alkanes) is 1. The van der Waals surface area contributed by atoms with Crippen LogP contribution < -0.4 is 20.1 Å². The summed E-state index contributed by atoms with van der Waals surface area (Å²) in [5.41, 5.74) is 1.15. The Balaban J connectivity index is 0.00000729. The number of nitrogens with zero attached hydrogens (tertiary/aromatic N) is 2. The Morgan fingerprint density at radius 1 is 1.11 bits per heavy atom. The molecule has 0 amide bonds. The molecular weight excluding hydrogens is 471 g/mol. The van der Waals surface area contributed by atoms with Crippen LogP contribution in [0.4, 0.5) is 0 Å². The summed E-state index contributed by atoms with van der Waals surface area (Å²) in [6.45, 7) is 5.20. The molecule has 0 heterocycles. The minimum absolute atomic E-state index is 0. The topological polar surface area (TPSA) is 67.3 Å². The number of hydrogen-bond donors (Lipinski definition) is 2. The third kappa shape index (κ3) is 9.29. The second-order valence-electron chi connectivity index (χ2n) is 6.38. The van der Waals surface area contributed by atoms with Crippen LogP contribution in [0.3, 0.4) is 0 Å². The first-order valence-corrected chi connectivity index (χ1v) is 9.47. The molecule has 1 atom stereocenters. The van der Waals surface area contributed by atoms with Crippen LogP contribution in [0.5, 0.6) is 11.5 Å². The highest BCUT2D eigenvalue weighted by Crippen LogP contribution is 2.31. The average Bonchev–Trinajstić information content (AvgIpc) is 2.68. The molecular formula is C20H37IN4O3. The van der Waals surface area contributed by atoms with Gasteiger partial charge in [-0.2, -0.15) is 0 Å². The van der Waals surface area contributed by atoms with Crippen molar-refractivity contribution in [1.82, 2.24) is 15.5 Å². The maximum Gasteiger partial charge on any atom is 0.191 e. The van der Waals surface area contributed by atoms with Gasteiger partial charge in [0.1, 0.15) is 0 Å². The lowest BCUT2D eigenvalue weighted by molar-refractivity contribution is 0.143. The summed E-state index contributed by atoms with van der Waals surface area (Å²) in [5, 5.41) is 6.76. The lowest BCUT2D eigenvalue weighted by Crippen LogP contribution is -2.42. The monoisotopic (exact) mass is 508 g/mol. The van der Waals surface area contributed by atoms with Gasteiger partial charge in [0.15, 0.2) is 17.5 Å². The van der Waals surface area contributed by atoms with Gasteiger partial charge in [0.05, 0.1) is 20.3 Å². The van der Waals surface area contributed by atoms with Gasteiger partial charge in [-0.05, 0) is 51.6 Å². The van der Waals surface area contributed by atoms with Crippen molar-refractivity contribution in [3.05, 3.63) is 23.8 Å². The van der Waals surface area contributed by atoms with E-state index in [1.54, 1.807) is 21.3 Å². The third-order valence-electron chi connectivity index (χ3n) is 4.31. The fourth-order valence-corrected chi connectivity index (χ4v) is 2.75. The molecule has 0 spiro atoms. The molecule has 7 nitrogen and oxygen atoms in total. The molecule has 8 heteroatoms. The zero-order valence-electron chi connectivity index (χ0n) is 18.1. The Labute approximate surface area is 187 Å². The van der Waals surface area contributed by atoms with Crippen LogP contribution in [0.15, 0.2) is 23.2 Å². The van der Waals surface area contributed by atoms with Crippen LogP contribution in [-0.2, 0) is 4.74 Å². The summed E-state index contributed by atoms with van der Waals surface area (Å²) in [7, 11) is 9.21. The van der Waals surface area contributed by atoms with E-state index in [1.165, 1.54) is 0 Å². The van der Waals surface area contributed by atoms with Gasteiger partial charge in [-0.3, -0.25) is 4.99 Å². The first-order chi connectivity index (χ1) is 13.1. The van der Waals surface area contributed by atoms with E-state index in [1.807, 2.05) is 19.1 Å². The number of rotatable bonds is 12. The lowest BCUT2D eigenvalue weighted by Gasteiger charge is -2.26. The predicted molar refractivity (Wildman–Crippen MR) is 126 cm³/mol. The van der Waals surface area contributed by atoms with Crippen LogP contribution in [0.2, 0.25) is 0 Å². The Kier molecular flexibility index (Phi) is 14.9. The molecule has 2 N–H and O–H groups in total. The van der Waals surface area contributed by atoms with Crippen molar-refractivity contribution in [2.75, 3.05) is 61.7 Å². The average molecular weight is 508 g/mol. The number of hydrogen-bond acceptors (Lipinski definition) is 5. The summed E-state index contributed by atoms with van der Waals surface area (Å²) in [5.74, 6) is 2.27. The molecule has 162 valence electrons. The van der Waals surface area contributed by atoms with Crippen molar-refractivity contribution in [3.8, 4) is 11.5 Å². The zero-order valence-corrected chi connectivity index (χ0v) is 20.4. The van der Waals surface area contributed by atoms with Gasteiger partial charge in [-0.15, -0.1) is 24.0 Å². The fourth-order valence-electron chi connectivity index (χ4n) is 2.75. The van der Waals surface area contributed by atoms with Crippen LogP contribution in [-0.4, -0.2) is 72.5 Å². The molecule has 1 aromatic carbocycles. The summed E-state index contributed by atoms with van der Waals surface area (Å²) in [6, 6.07) is 6.20. The largest absolute Gasteiger partial charge is 0.493 e. The van der Waals surface area contributed by atoms with Gasteiger partial charge in [-0.25, -0.2) is 0 Å². The first kappa shape index (κ1) is 26.7. The van der Waals surface area contributed by atoms with Gasteiger partial charge >= 0.3 is 0 Å². The van der Waals surface area contributed by atoms with Crippen LogP contribution in [0.25, 0.3) is 0 Å². The SMILES string of the molecule is CCOCCCCNC(=NC)NCC(c1ccc(OC)c(OC)c1)N(C)C.I. The molecule has 1 aromatic rings. The molecule has 28 heavy (non-hydrogen) atoms. The number of ether oxygens (including phenoxy) is 3. The maximum absolute atomic E-state index is 5.44. The van der Waals surface area contributed by atoms with Gasteiger partial charge < -0.3 is 29.7 Å². The number of halogens is 1. The molecule has 0 aliphatic rings.